The van der Waals surface area contributed by atoms with Crippen LogP contribution in [0.5, 0.6) is 0 Å². The number of rotatable bonds is 7. The summed E-state index contributed by atoms with van der Waals surface area (Å²) in [6.45, 7) is 3.10. The van der Waals surface area contributed by atoms with Crippen LogP contribution in [0.3, 0.4) is 0 Å². The Kier molecular flexibility index (Phi) is 5.68. The smallest absolute Gasteiger partial charge is 0.216 e. The van der Waals surface area contributed by atoms with E-state index >= 15 is 0 Å². The minimum Gasteiger partial charge on any atom is -0.395 e. The van der Waals surface area contributed by atoms with E-state index in [0.717, 1.165) is 19.3 Å². The maximum atomic E-state index is 12.0. The molecule has 0 amide bonds. The molecule has 0 radical (unpaired) electrons. The third-order valence-electron chi connectivity index (χ3n) is 2.64. The van der Waals surface area contributed by atoms with Crippen LogP contribution in [0.15, 0.2) is 0 Å². The molecule has 1 saturated heterocycles. The van der Waals surface area contributed by atoms with Crippen molar-refractivity contribution in [2.45, 2.75) is 32.3 Å². The molecule has 0 aliphatic carbocycles. The Balaban J connectivity index is 2.57. The SMILES string of the molecule is CCCN(CCO)S(=O)(=O)CC1CCCO1. The molecule has 0 bridgehead atoms. The number of sulfonamides is 1. The fourth-order valence-electron chi connectivity index (χ4n) is 1.87. The number of hydrogen-bond acceptors (Lipinski definition) is 4. The molecule has 16 heavy (non-hydrogen) atoms. The summed E-state index contributed by atoms with van der Waals surface area (Å²) in [7, 11) is -3.28. The summed E-state index contributed by atoms with van der Waals surface area (Å²) in [4.78, 5) is 0. The van der Waals surface area contributed by atoms with E-state index < -0.39 is 10.0 Å². The molecular weight excluding hydrogens is 230 g/mol. The van der Waals surface area contributed by atoms with Gasteiger partial charge in [-0.2, -0.15) is 4.31 Å². The lowest BCUT2D eigenvalue weighted by Crippen LogP contribution is -2.38. The lowest BCUT2D eigenvalue weighted by molar-refractivity contribution is 0.126. The van der Waals surface area contributed by atoms with Crippen LogP contribution < -0.4 is 0 Å². The Morgan fingerprint density at radius 1 is 1.44 bits per heavy atom. The number of ether oxygens (including phenoxy) is 1. The van der Waals surface area contributed by atoms with Crippen LogP contribution in [0.1, 0.15) is 26.2 Å². The molecule has 0 aromatic heterocycles. The highest BCUT2D eigenvalue weighted by Gasteiger charge is 2.27. The summed E-state index contributed by atoms with van der Waals surface area (Å²) in [5.74, 6) is 0.0486. The van der Waals surface area contributed by atoms with Gasteiger partial charge in [0.15, 0.2) is 0 Å². The van der Waals surface area contributed by atoms with Crippen LogP contribution in [0.4, 0.5) is 0 Å². The first-order valence-corrected chi connectivity index (χ1v) is 7.41. The molecule has 0 saturated carbocycles. The summed E-state index contributed by atoms with van der Waals surface area (Å²) in [5.41, 5.74) is 0. The third-order valence-corrected chi connectivity index (χ3v) is 4.58. The maximum absolute atomic E-state index is 12.0. The lowest BCUT2D eigenvalue weighted by atomic mass is 10.3. The van der Waals surface area contributed by atoms with Crippen molar-refractivity contribution in [2.24, 2.45) is 0 Å². The van der Waals surface area contributed by atoms with Gasteiger partial charge in [0.05, 0.1) is 18.5 Å². The van der Waals surface area contributed by atoms with E-state index in [4.69, 9.17) is 9.84 Å². The maximum Gasteiger partial charge on any atom is 0.216 e. The molecule has 0 spiro atoms. The van der Waals surface area contributed by atoms with E-state index in [9.17, 15) is 8.42 Å². The molecule has 1 aliphatic heterocycles. The fraction of sp³-hybridized carbons (Fsp3) is 1.00. The van der Waals surface area contributed by atoms with Gasteiger partial charge in [-0.25, -0.2) is 8.42 Å². The van der Waals surface area contributed by atoms with Crippen molar-refractivity contribution in [3.63, 3.8) is 0 Å². The minimum absolute atomic E-state index is 0.0486. The third kappa shape index (κ3) is 4.01. The zero-order valence-electron chi connectivity index (χ0n) is 9.76. The predicted molar refractivity (Wildman–Crippen MR) is 61.7 cm³/mol. The van der Waals surface area contributed by atoms with Crippen LogP contribution in [0, 0.1) is 0 Å². The molecule has 1 aliphatic rings. The predicted octanol–water partition coefficient (Wildman–Crippen LogP) is 0.200. The average Bonchev–Trinajstić information content (AvgIpc) is 2.69. The highest BCUT2D eigenvalue weighted by Crippen LogP contribution is 2.16. The van der Waals surface area contributed by atoms with Gasteiger partial charge in [0.1, 0.15) is 0 Å². The van der Waals surface area contributed by atoms with Crippen LogP contribution in [-0.4, -0.2) is 56.0 Å². The number of aliphatic hydroxyl groups is 1. The van der Waals surface area contributed by atoms with Crippen LogP contribution in [-0.2, 0) is 14.8 Å². The summed E-state index contributed by atoms with van der Waals surface area (Å²) in [6, 6.07) is 0. The molecule has 1 unspecified atom stereocenters. The van der Waals surface area contributed by atoms with Gasteiger partial charge in [0, 0.05) is 19.7 Å². The Hall–Kier alpha value is -0.170. The van der Waals surface area contributed by atoms with Gasteiger partial charge < -0.3 is 9.84 Å². The van der Waals surface area contributed by atoms with E-state index in [0.29, 0.717) is 13.2 Å². The second-order valence-electron chi connectivity index (χ2n) is 4.04. The van der Waals surface area contributed by atoms with Gasteiger partial charge >= 0.3 is 0 Å². The monoisotopic (exact) mass is 251 g/mol. The second-order valence-corrected chi connectivity index (χ2v) is 6.05. The van der Waals surface area contributed by atoms with Crippen molar-refractivity contribution in [3.05, 3.63) is 0 Å². The Morgan fingerprint density at radius 3 is 2.69 bits per heavy atom. The lowest BCUT2D eigenvalue weighted by Gasteiger charge is -2.22. The Bertz CT molecular complexity index is 279. The first-order chi connectivity index (χ1) is 7.60. The average molecular weight is 251 g/mol. The summed E-state index contributed by atoms with van der Waals surface area (Å²) in [6.07, 6.45) is 2.35. The first-order valence-electron chi connectivity index (χ1n) is 5.80. The molecule has 1 fully saturated rings. The van der Waals surface area contributed by atoms with Gasteiger partial charge in [-0.3, -0.25) is 0 Å². The molecule has 1 N–H and O–H groups in total. The topological polar surface area (TPSA) is 66.8 Å². The molecule has 0 aromatic rings. The molecular formula is C10H21NO4S. The molecule has 1 atom stereocenters. The number of aliphatic hydroxyl groups excluding tert-OH is 1. The molecule has 96 valence electrons. The van der Waals surface area contributed by atoms with Crippen LogP contribution in [0.25, 0.3) is 0 Å². The first kappa shape index (κ1) is 13.9. The van der Waals surface area contributed by atoms with Gasteiger partial charge in [-0.15, -0.1) is 0 Å². The fourth-order valence-corrected chi connectivity index (χ4v) is 3.63. The Labute approximate surface area is 97.4 Å². The van der Waals surface area contributed by atoms with Gasteiger partial charge in [-0.05, 0) is 19.3 Å². The summed E-state index contributed by atoms with van der Waals surface area (Å²) >= 11 is 0. The quantitative estimate of drug-likeness (QED) is 0.702. The highest BCUT2D eigenvalue weighted by molar-refractivity contribution is 7.89. The van der Waals surface area contributed by atoms with Gasteiger partial charge in [0.2, 0.25) is 10.0 Å². The highest BCUT2D eigenvalue weighted by atomic mass is 32.2. The van der Waals surface area contributed by atoms with Crippen LogP contribution in [0.2, 0.25) is 0 Å². The van der Waals surface area contributed by atoms with E-state index in [-0.39, 0.29) is 25.0 Å². The molecule has 5 nitrogen and oxygen atoms in total. The molecule has 6 heteroatoms. The van der Waals surface area contributed by atoms with Gasteiger partial charge in [0.25, 0.3) is 0 Å². The normalized spacial score (nSPS) is 21.8. The van der Waals surface area contributed by atoms with Gasteiger partial charge in [-0.1, -0.05) is 6.92 Å². The van der Waals surface area contributed by atoms with Crippen molar-refractivity contribution in [1.82, 2.24) is 4.31 Å². The van der Waals surface area contributed by atoms with Crippen molar-refractivity contribution >= 4 is 10.0 Å². The van der Waals surface area contributed by atoms with Crippen molar-refractivity contribution in [3.8, 4) is 0 Å². The van der Waals surface area contributed by atoms with E-state index in [1.54, 1.807) is 0 Å². The summed E-state index contributed by atoms with van der Waals surface area (Å²) < 4.78 is 30.7. The zero-order valence-corrected chi connectivity index (χ0v) is 10.6. The molecule has 0 aromatic carbocycles. The zero-order chi connectivity index (χ0) is 12.0. The van der Waals surface area contributed by atoms with E-state index in [1.165, 1.54) is 4.31 Å². The largest absolute Gasteiger partial charge is 0.395 e. The molecule has 1 rings (SSSR count). The van der Waals surface area contributed by atoms with Crippen molar-refractivity contribution in [1.29, 1.82) is 0 Å². The minimum atomic E-state index is -3.28. The van der Waals surface area contributed by atoms with Crippen LogP contribution >= 0.6 is 0 Å². The Morgan fingerprint density at radius 2 is 2.19 bits per heavy atom. The standard InChI is InChI=1S/C10H21NO4S/c1-2-5-11(6-7-12)16(13,14)9-10-4-3-8-15-10/h10,12H,2-9H2,1H3. The molecule has 1 heterocycles. The number of nitrogens with zero attached hydrogens (tertiary/aromatic N) is 1. The van der Waals surface area contributed by atoms with E-state index in [2.05, 4.69) is 0 Å². The van der Waals surface area contributed by atoms with E-state index in [1.807, 2.05) is 6.92 Å². The summed E-state index contributed by atoms with van der Waals surface area (Å²) in [5, 5.41) is 8.85. The van der Waals surface area contributed by atoms with Crippen molar-refractivity contribution in [2.75, 3.05) is 32.1 Å². The number of hydrogen-bond donors (Lipinski definition) is 1. The second kappa shape index (κ2) is 6.54. The van der Waals surface area contributed by atoms with Crippen molar-refractivity contribution < 1.29 is 18.3 Å².